The molecule has 0 atom stereocenters. The number of H-pyrrole nitrogens is 1. The summed E-state index contributed by atoms with van der Waals surface area (Å²) in [5.41, 5.74) is 6.28. The van der Waals surface area contributed by atoms with E-state index in [4.69, 9.17) is 15.1 Å². The number of benzene rings is 1. The summed E-state index contributed by atoms with van der Waals surface area (Å²) < 4.78 is 22.9. The predicted molar refractivity (Wildman–Crippen MR) is 147 cm³/mol. The van der Waals surface area contributed by atoms with E-state index in [0.29, 0.717) is 34.5 Å². The van der Waals surface area contributed by atoms with Crippen LogP contribution in [0.4, 0.5) is 4.39 Å². The van der Waals surface area contributed by atoms with E-state index in [2.05, 4.69) is 16.9 Å². The van der Waals surface area contributed by atoms with Crippen molar-refractivity contribution in [2.24, 2.45) is 0 Å². The number of aromatic amines is 1. The lowest BCUT2D eigenvalue weighted by Gasteiger charge is -2.17. The van der Waals surface area contributed by atoms with Crippen molar-refractivity contribution in [2.75, 3.05) is 0 Å². The summed E-state index contributed by atoms with van der Waals surface area (Å²) in [4.78, 5) is 25.1. The molecule has 0 unspecified atom stereocenters. The summed E-state index contributed by atoms with van der Waals surface area (Å²) in [6, 6.07) is 13.1. The van der Waals surface area contributed by atoms with Crippen molar-refractivity contribution in [3.05, 3.63) is 111 Å². The van der Waals surface area contributed by atoms with E-state index in [0.717, 1.165) is 34.1 Å². The average Bonchev–Trinajstić information content (AvgIpc) is 3.34. The van der Waals surface area contributed by atoms with Crippen molar-refractivity contribution < 1.29 is 9.13 Å². The molecule has 0 bridgehead atoms. The van der Waals surface area contributed by atoms with Gasteiger partial charge < -0.3 is 19.7 Å². The normalized spacial score (nSPS) is 11.2. The third kappa shape index (κ3) is 4.61. The molecule has 8 heteroatoms. The Hall–Kier alpha value is -4.59. The van der Waals surface area contributed by atoms with Gasteiger partial charge in [0.25, 0.3) is 5.56 Å². The fraction of sp³-hybridized carbons (Fsp3) is 0.200. The molecule has 0 saturated heterocycles. The van der Waals surface area contributed by atoms with Gasteiger partial charge in [-0.2, -0.15) is 0 Å². The van der Waals surface area contributed by atoms with Crippen LogP contribution in [0.1, 0.15) is 40.6 Å². The molecular weight excluding hydrogens is 481 g/mol. The number of ether oxygens (including phenoxy) is 1. The van der Waals surface area contributed by atoms with Crippen LogP contribution in [0.25, 0.3) is 22.2 Å². The molecule has 38 heavy (non-hydrogen) atoms. The third-order valence-corrected chi connectivity index (χ3v) is 6.73. The van der Waals surface area contributed by atoms with Crippen LogP contribution in [-0.4, -0.2) is 25.7 Å². The van der Waals surface area contributed by atoms with E-state index < -0.39 is 5.82 Å². The van der Waals surface area contributed by atoms with Crippen molar-refractivity contribution in [1.82, 2.24) is 19.5 Å². The zero-order valence-corrected chi connectivity index (χ0v) is 21.5. The monoisotopic (exact) mass is 509 g/mol. The minimum absolute atomic E-state index is 0.0543. The van der Waals surface area contributed by atoms with Gasteiger partial charge in [0.1, 0.15) is 23.7 Å². The van der Waals surface area contributed by atoms with Gasteiger partial charge in [0.2, 0.25) is 0 Å². The Kier molecular flexibility index (Phi) is 6.87. The maximum Gasteiger partial charge on any atom is 0.259 e. The SMILES string of the molecule is CCc1ncc(F)c(COc2cccc3c(-c4[nH]ccc4C)cc(C)nc23)c1Cn1cccc(C=N)c1=O. The molecule has 4 aromatic heterocycles. The molecule has 0 amide bonds. The molecule has 0 saturated carbocycles. The fourth-order valence-corrected chi connectivity index (χ4v) is 4.78. The summed E-state index contributed by atoms with van der Waals surface area (Å²) in [5, 5.41) is 8.42. The molecular formula is C30H28FN5O2. The number of halogens is 1. The number of nitrogens with one attached hydrogen (secondary N) is 2. The first-order valence-corrected chi connectivity index (χ1v) is 12.4. The van der Waals surface area contributed by atoms with Crippen LogP contribution in [-0.2, 0) is 19.6 Å². The van der Waals surface area contributed by atoms with Crippen molar-refractivity contribution in [1.29, 1.82) is 5.41 Å². The Morgan fingerprint density at radius 3 is 2.74 bits per heavy atom. The van der Waals surface area contributed by atoms with Crippen LogP contribution in [0.2, 0.25) is 0 Å². The quantitative estimate of drug-likeness (QED) is 0.261. The summed E-state index contributed by atoms with van der Waals surface area (Å²) in [5.74, 6) is 0.0420. The number of aryl methyl sites for hydroxylation is 3. The Morgan fingerprint density at radius 2 is 2.00 bits per heavy atom. The molecule has 0 aliphatic carbocycles. The number of fused-ring (bicyclic) bond motifs is 1. The number of nitrogens with zero attached hydrogens (tertiary/aromatic N) is 3. The Bertz CT molecular complexity index is 1720. The van der Waals surface area contributed by atoms with Crippen LogP contribution in [0, 0.1) is 25.1 Å². The van der Waals surface area contributed by atoms with Gasteiger partial charge in [0.05, 0.1) is 18.3 Å². The predicted octanol–water partition coefficient (Wildman–Crippen LogP) is 5.73. The lowest BCUT2D eigenvalue weighted by molar-refractivity contribution is 0.300. The van der Waals surface area contributed by atoms with E-state index in [9.17, 15) is 4.79 Å². The number of pyridine rings is 3. The second-order valence-corrected chi connectivity index (χ2v) is 9.19. The summed E-state index contributed by atoms with van der Waals surface area (Å²) in [7, 11) is 0. The molecule has 192 valence electrons. The second kappa shape index (κ2) is 10.4. The van der Waals surface area contributed by atoms with Gasteiger partial charge in [-0.25, -0.2) is 9.37 Å². The van der Waals surface area contributed by atoms with Crippen LogP contribution < -0.4 is 10.3 Å². The van der Waals surface area contributed by atoms with Crippen LogP contribution in [0.15, 0.2) is 65.8 Å². The van der Waals surface area contributed by atoms with Crippen molar-refractivity contribution in [3.63, 3.8) is 0 Å². The van der Waals surface area contributed by atoms with E-state index >= 15 is 4.39 Å². The van der Waals surface area contributed by atoms with Gasteiger partial charge in [-0.3, -0.25) is 9.78 Å². The average molecular weight is 510 g/mol. The largest absolute Gasteiger partial charge is 0.486 e. The zero-order chi connectivity index (χ0) is 26.8. The third-order valence-electron chi connectivity index (χ3n) is 6.73. The highest BCUT2D eigenvalue weighted by atomic mass is 19.1. The van der Waals surface area contributed by atoms with Gasteiger partial charge in [-0.05, 0) is 56.2 Å². The van der Waals surface area contributed by atoms with E-state index in [1.54, 1.807) is 18.3 Å². The Balaban J connectivity index is 1.55. The van der Waals surface area contributed by atoms with Crippen LogP contribution in [0.5, 0.6) is 5.75 Å². The highest BCUT2D eigenvalue weighted by Crippen LogP contribution is 2.34. The van der Waals surface area contributed by atoms with E-state index in [-0.39, 0.29) is 24.3 Å². The Morgan fingerprint density at radius 1 is 1.16 bits per heavy atom. The van der Waals surface area contributed by atoms with Gasteiger partial charge >= 0.3 is 0 Å². The van der Waals surface area contributed by atoms with Crippen LogP contribution >= 0.6 is 0 Å². The highest BCUT2D eigenvalue weighted by molar-refractivity contribution is 5.97. The maximum atomic E-state index is 15.2. The smallest absolute Gasteiger partial charge is 0.259 e. The zero-order valence-electron chi connectivity index (χ0n) is 21.5. The lowest BCUT2D eigenvalue weighted by atomic mass is 10.0. The molecule has 5 rings (SSSR count). The lowest BCUT2D eigenvalue weighted by Crippen LogP contribution is -2.25. The van der Waals surface area contributed by atoms with Gasteiger partial charge in [0.15, 0.2) is 0 Å². The fourth-order valence-electron chi connectivity index (χ4n) is 4.78. The molecule has 7 nitrogen and oxygen atoms in total. The first kappa shape index (κ1) is 25.1. The molecule has 1 aromatic carbocycles. The minimum Gasteiger partial charge on any atom is -0.486 e. The maximum absolute atomic E-state index is 15.2. The molecule has 0 aliphatic rings. The summed E-state index contributed by atoms with van der Waals surface area (Å²) in [6.45, 7) is 5.99. The second-order valence-electron chi connectivity index (χ2n) is 9.19. The molecule has 0 aliphatic heterocycles. The van der Waals surface area contributed by atoms with Crippen LogP contribution in [0.3, 0.4) is 0 Å². The molecule has 0 fully saturated rings. The number of rotatable bonds is 8. The van der Waals surface area contributed by atoms with E-state index in [1.165, 1.54) is 10.8 Å². The van der Waals surface area contributed by atoms with Gasteiger partial charge in [-0.1, -0.05) is 19.1 Å². The number of aromatic nitrogens is 4. The molecule has 4 heterocycles. The topological polar surface area (TPSA) is 96.7 Å². The van der Waals surface area contributed by atoms with Gasteiger partial charge in [0, 0.05) is 57.8 Å². The van der Waals surface area contributed by atoms with Crippen molar-refractivity contribution in [3.8, 4) is 17.0 Å². The molecule has 2 N–H and O–H groups in total. The summed E-state index contributed by atoms with van der Waals surface area (Å²) >= 11 is 0. The minimum atomic E-state index is -0.500. The molecule has 5 aromatic rings. The first-order valence-electron chi connectivity index (χ1n) is 12.4. The van der Waals surface area contributed by atoms with Crippen molar-refractivity contribution in [2.45, 2.75) is 40.3 Å². The van der Waals surface area contributed by atoms with Crippen molar-refractivity contribution >= 4 is 17.1 Å². The Labute approximate surface area is 219 Å². The summed E-state index contributed by atoms with van der Waals surface area (Å²) in [6.07, 6.45) is 6.33. The molecule has 0 radical (unpaired) electrons. The number of hydrogen-bond acceptors (Lipinski definition) is 5. The standard InChI is InChI=1S/C30H28FN5O2/c1-4-26-23(16-36-12-6-7-20(14-32)30(36)37)24(25(31)15-34-26)17-38-27-9-5-8-21-22(13-19(3)35-29(21)27)28-18(2)10-11-33-28/h5-15,32-33H,4,16-17H2,1-3H3. The van der Waals surface area contributed by atoms with Gasteiger partial charge in [-0.15, -0.1) is 0 Å². The first-order chi connectivity index (χ1) is 18.4. The number of hydrogen-bond donors (Lipinski definition) is 2. The molecule has 0 spiro atoms. The number of para-hydroxylation sites is 1. The highest BCUT2D eigenvalue weighted by Gasteiger charge is 2.18. The van der Waals surface area contributed by atoms with E-state index in [1.807, 2.05) is 50.4 Å².